The van der Waals surface area contributed by atoms with E-state index in [0.29, 0.717) is 5.56 Å². The zero-order chi connectivity index (χ0) is 14.5. The van der Waals surface area contributed by atoms with Crippen molar-refractivity contribution in [3.05, 3.63) is 35.9 Å². The molecule has 104 valence electrons. The number of alkyl halides is 1. The highest BCUT2D eigenvalue weighted by Gasteiger charge is 2.37. The third-order valence-electron chi connectivity index (χ3n) is 2.48. The second-order valence-electron chi connectivity index (χ2n) is 4.75. The number of ether oxygens (including phenoxy) is 1. The first-order chi connectivity index (χ1) is 8.89. The Kier molecular flexibility index (Phi) is 5.54. The Morgan fingerprint density at radius 2 is 1.89 bits per heavy atom. The maximum Gasteiger partial charge on any atom is 0.339 e. The normalized spacial score (nSPS) is 13.7. The second kappa shape index (κ2) is 6.70. The summed E-state index contributed by atoms with van der Waals surface area (Å²) in [6, 6.07) is 8.59. The predicted octanol–water partition coefficient (Wildman–Crippen LogP) is 2.52. The van der Waals surface area contributed by atoms with Crippen molar-refractivity contribution in [3.8, 4) is 0 Å². The summed E-state index contributed by atoms with van der Waals surface area (Å²) in [5, 5.41) is 2.98. The summed E-state index contributed by atoms with van der Waals surface area (Å²) in [5.41, 5.74) is -0.802. The molecule has 1 aromatic rings. The molecule has 4 nitrogen and oxygen atoms in total. The molecule has 1 atom stereocenters. The molecule has 0 aliphatic carbocycles. The van der Waals surface area contributed by atoms with E-state index in [-0.39, 0.29) is 17.3 Å². The molecule has 1 N–H and O–H groups in total. The minimum absolute atomic E-state index is 0.0127. The van der Waals surface area contributed by atoms with Crippen molar-refractivity contribution < 1.29 is 14.3 Å². The highest BCUT2D eigenvalue weighted by atomic mass is 79.9. The molecule has 1 amide bonds. The maximum atomic E-state index is 12.1. The van der Waals surface area contributed by atoms with Gasteiger partial charge in [-0.05, 0) is 32.9 Å². The van der Waals surface area contributed by atoms with Crippen molar-refractivity contribution in [3.63, 3.8) is 0 Å². The van der Waals surface area contributed by atoms with Crippen LogP contribution in [0.3, 0.4) is 0 Å². The van der Waals surface area contributed by atoms with Crippen molar-refractivity contribution in [2.24, 2.45) is 0 Å². The van der Waals surface area contributed by atoms with Crippen LogP contribution in [0.5, 0.6) is 0 Å². The fourth-order valence-electron chi connectivity index (χ4n) is 1.39. The first-order valence-corrected chi connectivity index (χ1v) is 7.16. The van der Waals surface area contributed by atoms with Crippen LogP contribution >= 0.6 is 15.9 Å². The maximum absolute atomic E-state index is 12.1. The van der Waals surface area contributed by atoms with Gasteiger partial charge in [-0.2, -0.15) is 0 Å². The average Bonchev–Trinajstić information content (AvgIpc) is 2.38. The monoisotopic (exact) mass is 327 g/mol. The summed E-state index contributed by atoms with van der Waals surface area (Å²) in [4.78, 5) is 24.0. The average molecular weight is 328 g/mol. The van der Waals surface area contributed by atoms with Gasteiger partial charge in [0.05, 0.1) is 10.9 Å². The van der Waals surface area contributed by atoms with Gasteiger partial charge in [-0.1, -0.05) is 34.1 Å². The van der Waals surface area contributed by atoms with Crippen LogP contribution in [-0.2, 0) is 9.53 Å². The molecule has 0 bridgehead atoms. The number of nitrogens with one attached hydrogen (secondary N) is 1. The van der Waals surface area contributed by atoms with Crippen LogP contribution in [0.1, 0.15) is 31.1 Å². The number of amides is 1. The van der Waals surface area contributed by atoms with E-state index in [0.717, 1.165) is 0 Å². The van der Waals surface area contributed by atoms with Crippen molar-refractivity contribution in [1.29, 1.82) is 0 Å². The second-order valence-corrected chi connectivity index (χ2v) is 5.31. The number of rotatable bonds is 5. The third-order valence-corrected chi connectivity index (χ3v) is 3.55. The minimum atomic E-state index is -1.23. The molecule has 0 aliphatic rings. The van der Waals surface area contributed by atoms with Gasteiger partial charge in [0.2, 0.25) is 0 Å². The molecule has 5 heteroatoms. The lowest BCUT2D eigenvalue weighted by molar-refractivity contribution is -0.137. The molecule has 0 radical (unpaired) electrons. The van der Waals surface area contributed by atoms with Crippen LogP contribution < -0.4 is 5.32 Å². The van der Waals surface area contributed by atoms with Crippen LogP contribution in [0.4, 0.5) is 0 Å². The fourth-order valence-corrected chi connectivity index (χ4v) is 1.76. The molecular weight excluding hydrogens is 310 g/mol. The van der Waals surface area contributed by atoms with E-state index in [2.05, 4.69) is 21.2 Å². The summed E-state index contributed by atoms with van der Waals surface area (Å²) in [5.74, 6) is -0.829. The summed E-state index contributed by atoms with van der Waals surface area (Å²) in [7, 11) is 0. The van der Waals surface area contributed by atoms with Gasteiger partial charge in [0.25, 0.3) is 5.91 Å². The van der Waals surface area contributed by atoms with E-state index >= 15 is 0 Å². The van der Waals surface area contributed by atoms with E-state index in [1.54, 1.807) is 31.2 Å². The van der Waals surface area contributed by atoms with Crippen LogP contribution in [0.25, 0.3) is 0 Å². The zero-order valence-corrected chi connectivity index (χ0v) is 12.9. The third kappa shape index (κ3) is 4.35. The Morgan fingerprint density at radius 3 is 2.37 bits per heavy atom. The summed E-state index contributed by atoms with van der Waals surface area (Å²) >= 11 is 3.23. The van der Waals surface area contributed by atoms with Crippen molar-refractivity contribution in [1.82, 2.24) is 5.32 Å². The van der Waals surface area contributed by atoms with Gasteiger partial charge >= 0.3 is 5.97 Å². The SMILES string of the molecule is CC(C)NC(=O)[C@@](C)(CBr)OC(=O)c1ccccc1. The number of carbonyl (C=O) groups is 2. The van der Waals surface area contributed by atoms with Crippen molar-refractivity contribution in [2.75, 3.05) is 5.33 Å². The van der Waals surface area contributed by atoms with E-state index < -0.39 is 11.6 Å². The molecule has 0 saturated carbocycles. The van der Waals surface area contributed by atoms with Crippen LogP contribution in [-0.4, -0.2) is 28.8 Å². The number of hydrogen-bond acceptors (Lipinski definition) is 3. The summed E-state index contributed by atoms with van der Waals surface area (Å²) < 4.78 is 5.34. The lowest BCUT2D eigenvalue weighted by atomic mass is 10.1. The van der Waals surface area contributed by atoms with Gasteiger partial charge in [0.15, 0.2) is 5.60 Å². The molecule has 0 aromatic heterocycles. The lowest BCUT2D eigenvalue weighted by Crippen LogP contribution is -2.51. The van der Waals surface area contributed by atoms with E-state index in [4.69, 9.17) is 4.74 Å². The molecule has 19 heavy (non-hydrogen) atoms. The summed E-state index contributed by atoms with van der Waals surface area (Å²) in [6.45, 7) is 5.29. The first kappa shape index (κ1) is 15.7. The quantitative estimate of drug-likeness (QED) is 0.667. The first-order valence-electron chi connectivity index (χ1n) is 6.04. The number of hydrogen-bond donors (Lipinski definition) is 1. The smallest absolute Gasteiger partial charge is 0.339 e. The highest BCUT2D eigenvalue weighted by Crippen LogP contribution is 2.17. The number of benzene rings is 1. The van der Waals surface area contributed by atoms with Gasteiger partial charge in [0.1, 0.15) is 0 Å². The van der Waals surface area contributed by atoms with Gasteiger partial charge in [-0.3, -0.25) is 4.79 Å². The number of carbonyl (C=O) groups excluding carboxylic acids is 2. The Balaban J connectivity index is 2.81. The molecule has 0 spiro atoms. The van der Waals surface area contributed by atoms with Gasteiger partial charge in [-0.25, -0.2) is 4.79 Å². The largest absolute Gasteiger partial charge is 0.445 e. The van der Waals surface area contributed by atoms with Gasteiger partial charge in [-0.15, -0.1) is 0 Å². The number of esters is 1. The van der Waals surface area contributed by atoms with Crippen LogP contribution in [0.2, 0.25) is 0 Å². The van der Waals surface area contributed by atoms with Crippen LogP contribution in [0, 0.1) is 0 Å². The Morgan fingerprint density at radius 1 is 1.32 bits per heavy atom. The number of halogens is 1. The van der Waals surface area contributed by atoms with Crippen molar-refractivity contribution in [2.45, 2.75) is 32.4 Å². The van der Waals surface area contributed by atoms with E-state index in [9.17, 15) is 9.59 Å². The molecule has 1 rings (SSSR count). The Labute approximate surface area is 121 Å². The Hall–Kier alpha value is -1.36. The lowest BCUT2D eigenvalue weighted by Gasteiger charge is -2.27. The Bertz CT molecular complexity index is 447. The van der Waals surface area contributed by atoms with Crippen molar-refractivity contribution >= 4 is 27.8 Å². The molecule has 0 heterocycles. The predicted molar refractivity (Wildman–Crippen MR) is 77.3 cm³/mol. The highest BCUT2D eigenvalue weighted by molar-refractivity contribution is 9.09. The summed E-state index contributed by atoms with van der Waals surface area (Å²) in [6.07, 6.45) is 0. The molecule has 0 aliphatic heterocycles. The molecular formula is C14H18BrNO3. The fraction of sp³-hybridized carbons (Fsp3) is 0.429. The molecule has 0 saturated heterocycles. The molecule has 0 unspecified atom stereocenters. The van der Waals surface area contributed by atoms with Gasteiger partial charge < -0.3 is 10.1 Å². The molecule has 1 aromatic carbocycles. The topological polar surface area (TPSA) is 55.4 Å². The van der Waals surface area contributed by atoms with E-state index in [1.165, 1.54) is 0 Å². The van der Waals surface area contributed by atoms with Crippen LogP contribution in [0.15, 0.2) is 30.3 Å². The standard InChI is InChI=1S/C14H18BrNO3/c1-10(2)16-13(18)14(3,9-15)19-12(17)11-7-5-4-6-8-11/h4-8,10H,9H2,1-3H3,(H,16,18)/t14-/m1/s1. The van der Waals surface area contributed by atoms with Gasteiger partial charge in [0, 0.05) is 6.04 Å². The zero-order valence-electron chi connectivity index (χ0n) is 11.3. The van der Waals surface area contributed by atoms with E-state index in [1.807, 2.05) is 19.9 Å². The minimum Gasteiger partial charge on any atom is -0.445 e. The molecule has 0 fully saturated rings.